The van der Waals surface area contributed by atoms with Crippen LogP contribution < -0.4 is 5.32 Å². The maximum absolute atomic E-state index is 12.7. The van der Waals surface area contributed by atoms with Crippen molar-refractivity contribution in [3.8, 4) is 0 Å². The molecule has 0 radical (unpaired) electrons. The predicted molar refractivity (Wildman–Crippen MR) is 118 cm³/mol. The second-order valence-electron chi connectivity index (χ2n) is 10.9. The van der Waals surface area contributed by atoms with Crippen molar-refractivity contribution in [2.75, 3.05) is 27.9 Å². The molecule has 0 aliphatic heterocycles. The Morgan fingerprint density at radius 3 is 2.07 bits per heavy atom. The largest absolute Gasteiger partial charge is 0.500 e. The molecule has 6 nitrogen and oxygen atoms in total. The molecule has 7 heteroatoms. The van der Waals surface area contributed by atoms with E-state index in [0.29, 0.717) is 31.3 Å². The van der Waals surface area contributed by atoms with E-state index in [-0.39, 0.29) is 22.5 Å². The summed E-state index contributed by atoms with van der Waals surface area (Å²) in [5, 5.41) is 3.14. The summed E-state index contributed by atoms with van der Waals surface area (Å²) in [6.45, 7) is 13.2. The molecule has 2 unspecified atom stereocenters. The molecule has 29 heavy (non-hydrogen) atoms. The SMILES string of the molecule is CO[Si](CCC(=O)CC1CC(C)(C)CC(C)(CNC(=O)C(C)(C)C)C1)(OC)OC. The lowest BCUT2D eigenvalue weighted by molar-refractivity contribution is -0.129. The highest BCUT2D eigenvalue weighted by Gasteiger charge is 2.43. The molecule has 0 aromatic heterocycles. The molecule has 1 rings (SSSR count). The van der Waals surface area contributed by atoms with Crippen molar-refractivity contribution in [3.05, 3.63) is 0 Å². The van der Waals surface area contributed by atoms with E-state index >= 15 is 0 Å². The molecule has 1 fully saturated rings. The van der Waals surface area contributed by atoms with Crippen LogP contribution in [-0.2, 0) is 22.9 Å². The van der Waals surface area contributed by atoms with E-state index in [1.807, 2.05) is 20.8 Å². The summed E-state index contributed by atoms with van der Waals surface area (Å²) in [5.41, 5.74) is -0.247. The van der Waals surface area contributed by atoms with Gasteiger partial charge in [0.25, 0.3) is 0 Å². The van der Waals surface area contributed by atoms with Crippen LogP contribution >= 0.6 is 0 Å². The van der Waals surface area contributed by atoms with E-state index in [9.17, 15) is 9.59 Å². The zero-order chi connectivity index (χ0) is 22.5. The van der Waals surface area contributed by atoms with Crippen molar-refractivity contribution in [2.45, 2.75) is 79.7 Å². The predicted octanol–water partition coefficient (Wildman–Crippen LogP) is 4.21. The number of Topliss-reactive ketones (excluding diaryl/α,β-unsaturated/α-hetero) is 1. The molecule has 1 aliphatic rings. The molecule has 0 saturated heterocycles. The van der Waals surface area contributed by atoms with Gasteiger partial charge < -0.3 is 18.6 Å². The maximum Gasteiger partial charge on any atom is 0.500 e. The van der Waals surface area contributed by atoms with E-state index in [2.05, 4.69) is 26.1 Å². The van der Waals surface area contributed by atoms with Crippen LogP contribution in [0, 0.1) is 22.2 Å². The minimum absolute atomic E-state index is 0.00228. The number of amides is 1. The van der Waals surface area contributed by atoms with E-state index in [4.69, 9.17) is 13.3 Å². The molecule has 1 N–H and O–H groups in total. The van der Waals surface area contributed by atoms with Crippen molar-refractivity contribution < 1.29 is 22.9 Å². The molecule has 1 aliphatic carbocycles. The van der Waals surface area contributed by atoms with E-state index < -0.39 is 14.2 Å². The molecule has 1 amide bonds. The third-order valence-electron chi connectivity index (χ3n) is 6.04. The van der Waals surface area contributed by atoms with Crippen LogP contribution in [0.3, 0.4) is 0 Å². The fourth-order valence-electron chi connectivity index (χ4n) is 4.96. The highest BCUT2D eigenvalue weighted by molar-refractivity contribution is 6.60. The first-order valence-corrected chi connectivity index (χ1v) is 12.6. The number of hydrogen-bond donors (Lipinski definition) is 1. The summed E-state index contributed by atoms with van der Waals surface area (Å²) in [7, 11) is 2.01. The maximum atomic E-state index is 12.7. The second kappa shape index (κ2) is 10.0. The first-order valence-electron chi connectivity index (χ1n) is 10.7. The van der Waals surface area contributed by atoms with Crippen LogP contribution in [0.1, 0.15) is 73.6 Å². The highest BCUT2D eigenvalue weighted by atomic mass is 28.4. The molecule has 0 aromatic carbocycles. The van der Waals surface area contributed by atoms with E-state index in [0.717, 1.165) is 19.3 Å². The van der Waals surface area contributed by atoms with Crippen LogP contribution in [-0.4, -0.2) is 48.4 Å². The molecular weight excluding hydrogens is 386 g/mol. The minimum Gasteiger partial charge on any atom is -0.377 e. The first-order chi connectivity index (χ1) is 13.2. The van der Waals surface area contributed by atoms with Gasteiger partial charge in [0.05, 0.1) is 0 Å². The number of carbonyl (C=O) groups is 2. The monoisotopic (exact) mass is 429 g/mol. The molecule has 0 aromatic rings. The van der Waals surface area contributed by atoms with Crippen molar-refractivity contribution in [1.29, 1.82) is 0 Å². The molecule has 0 bridgehead atoms. The summed E-state index contributed by atoms with van der Waals surface area (Å²) in [4.78, 5) is 25.0. The molecule has 0 spiro atoms. The van der Waals surface area contributed by atoms with Gasteiger partial charge in [0, 0.05) is 52.2 Å². The average Bonchev–Trinajstić information content (AvgIpc) is 2.59. The zero-order valence-corrected chi connectivity index (χ0v) is 21.1. The minimum atomic E-state index is -2.71. The van der Waals surface area contributed by atoms with Gasteiger partial charge in [-0.2, -0.15) is 0 Å². The number of nitrogens with one attached hydrogen (secondary N) is 1. The number of carbonyl (C=O) groups excluding carboxylic acids is 2. The van der Waals surface area contributed by atoms with Crippen molar-refractivity contribution in [1.82, 2.24) is 5.32 Å². The van der Waals surface area contributed by atoms with Crippen LogP contribution in [0.25, 0.3) is 0 Å². The quantitative estimate of drug-likeness (QED) is 0.527. The summed E-state index contributed by atoms with van der Waals surface area (Å²) < 4.78 is 16.3. The summed E-state index contributed by atoms with van der Waals surface area (Å²) in [6.07, 6.45) is 4.00. The normalized spacial score (nSPS) is 24.9. The van der Waals surface area contributed by atoms with Crippen molar-refractivity contribution in [2.24, 2.45) is 22.2 Å². The lowest BCUT2D eigenvalue weighted by Crippen LogP contribution is -2.46. The Labute approximate surface area is 178 Å². The Balaban J connectivity index is 2.72. The van der Waals surface area contributed by atoms with Gasteiger partial charge in [0.2, 0.25) is 5.91 Å². The van der Waals surface area contributed by atoms with Crippen LogP contribution in [0.2, 0.25) is 6.04 Å². The standard InChI is InChI=1S/C22H43NO5Si/c1-20(2,3)19(25)23-16-22(6)14-17(13-21(4,5)15-22)12-18(24)10-11-29(26-7,27-8)28-9/h17H,10-16H2,1-9H3,(H,23,25). The van der Waals surface area contributed by atoms with E-state index in [1.54, 1.807) is 21.3 Å². The van der Waals surface area contributed by atoms with Gasteiger partial charge in [-0.25, -0.2) is 0 Å². The van der Waals surface area contributed by atoms with Crippen LogP contribution in [0.5, 0.6) is 0 Å². The van der Waals surface area contributed by atoms with Gasteiger partial charge in [0.15, 0.2) is 0 Å². The lowest BCUT2D eigenvalue weighted by atomic mass is 9.59. The van der Waals surface area contributed by atoms with Crippen LogP contribution in [0.15, 0.2) is 0 Å². The number of ketones is 1. The third kappa shape index (κ3) is 8.11. The Hall–Kier alpha value is -0.763. The molecule has 170 valence electrons. The van der Waals surface area contributed by atoms with Crippen LogP contribution in [0.4, 0.5) is 0 Å². The third-order valence-corrected chi connectivity index (χ3v) is 8.77. The van der Waals surface area contributed by atoms with Crippen molar-refractivity contribution >= 4 is 20.5 Å². The Kier molecular flexibility index (Phi) is 9.09. The Bertz CT molecular complexity index is 560. The second-order valence-corrected chi connectivity index (χ2v) is 14.0. The van der Waals surface area contributed by atoms with E-state index in [1.165, 1.54) is 0 Å². The summed E-state index contributed by atoms with van der Waals surface area (Å²) in [5.74, 6) is 0.637. The summed E-state index contributed by atoms with van der Waals surface area (Å²) in [6, 6.07) is 0.504. The number of hydrogen-bond acceptors (Lipinski definition) is 5. The fourth-order valence-corrected chi connectivity index (χ4v) is 6.66. The van der Waals surface area contributed by atoms with Gasteiger partial charge in [-0.3, -0.25) is 9.59 Å². The molecular formula is C22H43NO5Si. The summed E-state index contributed by atoms with van der Waals surface area (Å²) >= 11 is 0. The van der Waals surface area contributed by atoms with Gasteiger partial charge >= 0.3 is 8.80 Å². The van der Waals surface area contributed by atoms with Gasteiger partial charge in [-0.05, 0) is 36.0 Å². The topological polar surface area (TPSA) is 73.9 Å². The highest BCUT2D eigenvalue weighted by Crippen LogP contribution is 2.49. The zero-order valence-electron chi connectivity index (χ0n) is 20.1. The van der Waals surface area contributed by atoms with Gasteiger partial charge in [-0.1, -0.05) is 41.5 Å². The Morgan fingerprint density at radius 1 is 1.03 bits per heavy atom. The van der Waals surface area contributed by atoms with Crippen molar-refractivity contribution in [3.63, 3.8) is 0 Å². The fraction of sp³-hybridized carbons (Fsp3) is 0.909. The Morgan fingerprint density at radius 2 is 1.59 bits per heavy atom. The smallest absolute Gasteiger partial charge is 0.377 e. The first kappa shape index (κ1) is 26.3. The van der Waals surface area contributed by atoms with Gasteiger partial charge in [0.1, 0.15) is 5.78 Å². The van der Waals surface area contributed by atoms with Gasteiger partial charge in [-0.15, -0.1) is 0 Å². The lowest BCUT2D eigenvalue weighted by Gasteiger charge is -2.47. The molecule has 1 saturated carbocycles. The number of rotatable bonds is 10. The molecule has 0 heterocycles. The average molecular weight is 430 g/mol. The molecule has 2 atom stereocenters.